The van der Waals surface area contributed by atoms with Crippen LogP contribution in [-0.2, 0) is 10.2 Å². The molecule has 0 atom stereocenters. The lowest BCUT2D eigenvalue weighted by Gasteiger charge is -2.38. The topological polar surface area (TPSA) is 80.6 Å². The normalized spacial score (nSPS) is 20.3. The van der Waals surface area contributed by atoms with Crippen molar-refractivity contribution < 1.29 is 14.3 Å². The van der Waals surface area contributed by atoms with E-state index >= 15 is 0 Å². The van der Waals surface area contributed by atoms with Crippen molar-refractivity contribution in [2.24, 2.45) is 0 Å². The summed E-state index contributed by atoms with van der Waals surface area (Å²) in [5.74, 6) is -0.649. The Hall–Kier alpha value is -2.93. The average Bonchev–Trinajstić information content (AvgIpc) is 3.48. The zero-order valence-electron chi connectivity index (χ0n) is 21.0. The average molecular weight is 492 g/mol. The highest BCUT2D eigenvalue weighted by Crippen LogP contribution is 2.34. The molecule has 1 saturated carbocycles. The Morgan fingerprint density at radius 2 is 1.58 bits per heavy atom. The molecule has 192 valence electrons. The zero-order valence-corrected chi connectivity index (χ0v) is 21.0. The van der Waals surface area contributed by atoms with Crippen LogP contribution in [0.4, 0.5) is 0 Å². The molecular formula is C29H37N3O4. The van der Waals surface area contributed by atoms with Gasteiger partial charge in [0.25, 0.3) is 11.8 Å². The molecule has 3 aliphatic rings. The molecule has 0 bridgehead atoms. The van der Waals surface area contributed by atoms with E-state index in [4.69, 9.17) is 4.74 Å². The quantitative estimate of drug-likeness (QED) is 0.661. The molecule has 1 aliphatic carbocycles. The highest BCUT2D eigenvalue weighted by atomic mass is 16.5. The predicted octanol–water partition coefficient (Wildman–Crippen LogP) is 4.07. The van der Waals surface area contributed by atoms with Crippen molar-refractivity contribution in [3.63, 3.8) is 0 Å². The molecule has 1 aromatic carbocycles. The number of amides is 2. The number of nitrogens with one attached hydrogen (secondary N) is 1. The van der Waals surface area contributed by atoms with E-state index in [1.54, 1.807) is 17.3 Å². The second-order valence-corrected chi connectivity index (χ2v) is 10.6. The number of benzene rings is 1. The van der Waals surface area contributed by atoms with Gasteiger partial charge in [-0.2, -0.15) is 0 Å². The third kappa shape index (κ3) is 5.12. The van der Waals surface area contributed by atoms with Crippen molar-refractivity contribution in [2.45, 2.75) is 69.2 Å². The number of ether oxygens (including phenoxy) is 1. The van der Waals surface area contributed by atoms with Crippen LogP contribution in [0.2, 0.25) is 0 Å². The van der Waals surface area contributed by atoms with Crippen molar-refractivity contribution in [1.82, 2.24) is 14.8 Å². The van der Waals surface area contributed by atoms with Gasteiger partial charge >= 0.3 is 0 Å². The summed E-state index contributed by atoms with van der Waals surface area (Å²) >= 11 is 0. The molecule has 3 fully saturated rings. The summed E-state index contributed by atoms with van der Waals surface area (Å²) in [6, 6.07) is 10.4. The van der Waals surface area contributed by atoms with Crippen LogP contribution in [0.1, 0.15) is 90.1 Å². The Bertz CT molecular complexity index is 1120. The summed E-state index contributed by atoms with van der Waals surface area (Å²) in [6.07, 6.45) is 12.3. The molecule has 1 N–H and O–H groups in total. The van der Waals surface area contributed by atoms with Crippen LogP contribution < -0.4 is 10.7 Å². The molecule has 2 saturated heterocycles. The Labute approximate surface area is 212 Å². The summed E-state index contributed by atoms with van der Waals surface area (Å²) in [4.78, 5) is 42.1. The Kier molecular flexibility index (Phi) is 7.56. The van der Waals surface area contributed by atoms with Crippen molar-refractivity contribution in [1.29, 1.82) is 0 Å². The van der Waals surface area contributed by atoms with E-state index in [0.717, 1.165) is 51.4 Å². The maximum atomic E-state index is 13.5. The van der Waals surface area contributed by atoms with Crippen molar-refractivity contribution in [3.8, 4) is 0 Å². The second kappa shape index (κ2) is 11.0. The Balaban J connectivity index is 1.44. The zero-order chi connectivity index (χ0) is 25.0. The molecule has 0 unspecified atom stereocenters. The number of rotatable bonds is 6. The molecule has 36 heavy (non-hydrogen) atoms. The van der Waals surface area contributed by atoms with Gasteiger partial charge < -0.3 is 19.5 Å². The summed E-state index contributed by atoms with van der Waals surface area (Å²) < 4.78 is 7.59. The van der Waals surface area contributed by atoms with Gasteiger partial charge in [-0.1, -0.05) is 49.6 Å². The molecule has 0 radical (unpaired) electrons. The van der Waals surface area contributed by atoms with Gasteiger partial charge in [0.15, 0.2) is 0 Å². The molecule has 2 aromatic rings. The first-order valence-electron chi connectivity index (χ1n) is 13.5. The first-order chi connectivity index (χ1) is 17.6. The van der Waals surface area contributed by atoms with Crippen LogP contribution in [0.25, 0.3) is 0 Å². The van der Waals surface area contributed by atoms with Crippen molar-refractivity contribution in [3.05, 3.63) is 69.6 Å². The minimum absolute atomic E-state index is 0.0703. The third-order valence-electron chi connectivity index (χ3n) is 8.33. The van der Waals surface area contributed by atoms with Gasteiger partial charge in [0.05, 0.1) is 0 Å². The van der Waals surface area contributed by atoms with Gasteiger partial charge in [-0.15, -0.1) is 0 Å². The van der Waals surface area contributed by atoms with E-state index in [0.29, 0.717) is 32.8 Å². The molecule has 3 heterocycles. The Morgan fingerprint density at radius 3 is 2.28 bits per heavy atom. The maximum absolute atomic E-state index is 13.5. The highest BCUT2D eigenvalue weighted by molar-refractivity contribution is 5.99. The second-order valence-electron chi connectivity index (χ2n) is 10.6. The molecule has 2 aliphatic heterocycles. The van der Waals surface area contributed by atoms with Gasteiger partial charge in [0.2, 0.25) is 5.43 Å². The monoisotopic (exact) mass is 491 g/mol. The summed E-state index contributed by atoms with van der Waals surface area (Å²) in [7, 11) is 0. The molecule has 2 amide bonds. The molecule has 1 aromatic heterocycles. The SMILES string of the molecule is O=C(NCC1(c2ccccc2)CCOCC1)c1cn(C2CCCCC2)cc(C(=O)N2CCCC2)c1=O. The van der Waals surface area contributed by atoms with Crippen LogP contribution >= 0.6 is 0 Å². The molecule has 7 nitrogen and oxygen atoms in total. The molecule has 5 rings (SSSR count). The number of nitrogens with zero attached hydrogens (tertiary/aromatic N) is 2. The summed E-state index contributed by atoms with van der Waals surface area (Å²) in [5, 5.41) is 3.08. The minimum atomic E-state index is -0.461. The third-order valence-corrected chi connectivity index (χ3v) is 8.33. The molecule has 0 spiro atoms. The lowest BCUT2D eigenvalue weighted by atomic mass is 9.74. The molecular weight excluding hydrogens is 454 g/mol. The number of aromatic nitrogens is 1. The van der Waals surface area contributed by atoms with Crippen LogP contribution in [0.15, 0.2) is 47.5 Å². The van der Waals surface area contributed by atoms with E-state index in [1.165, 1.54) is 12.0 Å². The van der Waals surface area contributed by atoms with Crippen LogP contribution in [0.3, 0.4) is 0 Å². The smallest absolute Gasteiger partial charge is 0.259 e. The predicted molar refractivity (Wildman–Crippen MR) is 138 cm³/mol. The van der Waals surface area contributed by atoms with Gasteiger partial charge in [-0.25, -0.2) is 0 Å². The van der Waals surface area contributed by atoms with Crippen molar-refractivity contribution >= 4 is 11.8 Å². The Morgan fingerprint density at radius 1 is 0.917 bits per heavy atom. The van der Waals surface area contributed by atoms with E-state index in [1.807, 2.05) is 22.8 Å². The van der Waals surface area contributed by atoms with Crippen LogP contribution in [0, 0.1) is 0 Å². The number of pyridine rings is 1. The van der Waals surface area contributed by atoms with E-state index in [9.17, 15) is 14.4 Å². The summed E-state index contributed by atoms with van der Waals surface area (Å²) in [5.41, 5.74) is 0.670. The lowest BCUT2D eigenvalue weighted by Crippen LogP contribution is -2.45. The highest BCUT2D eigenvalue weighted by Gasteiger charge is 2.35. The van der Waals surface area contributed by atoms with Crippen LogP contribution in [0.5, 0.6) is 0 Å². The summed E-state index contributed by atoms with van der Waals surface area (Å²) in [6.45, 7) is 3.03. The largest absolute Gasteiger partial charge is 0.381 e. The van der Waals surface area contributed by atoms with E-state index in [2.05, 4.69) is 17.4 Å². The first-order valence-corrected chi connectivity index (χ1v) is 13.5. The van der Waals surface area contributed by atoms with Gasteiger partial charge in [-0.3, -0.25) is 14.4 Å². The minimum Gasteiger partial charge on any atom is -0.381 e. The lowest BCUT2D eigenvalue weighted by molar-refractivity contribution is 0.0487. The van der Waals surface area contributed by atoms with Crippen molar-refractivity contribution in [2.75, 3.05) is 32.8 Å². The van der Waals surface area contributed by atoms with Gasteiger partial charge in [0.1, 0.15) is 11.1 Å². The van der Waals surface area contributed by atoms with E-state index < -0.39 is 11.3 Å². The van der Waals surface area contributed by atoms with E-state index in [-0.39, 0.29) is 28.5 Å². The fourth-order valence-electron chi connectivity index (χ4n) is 6.06. The number of carbonyl (C=O) groups excluding carboxylic acids is 2. The number of hydrogen-bond acceptors (Lipinski definition) is 4. The fourth-order valence-corrected chi connectivity index (χ4v) is 6.06. The number of hydrogen-bond donors (Lipinski definition) is 1. The number of carbonyl (C=O) groups is 2. The van der Waals surface area contributed by atoms with Gasteiger partial charge in [0, 0.05) is 56.7 Å². The fraction of sp³-hybridized carbons (Fsp3) is 0.552. The number of likely N-dealkylation sites (tertiary alicyclic amines) is 1. The maximum Gasteiger partial charge on any atom is 0.259 e. The standard InChI is InChI=1S/C29H37N3O4/c33-26-24(27(34)30-21-29(13-17-36-18-14-29)22-9-3-1-4-10-22)19-32(23-11-5-2-6-12-23)20-25(26)28(35)31-15-7-8-16-31/h1,3-4,9-10,19-20,23H,2,5-8,11-18,21H2,(H,30,34). The molecule has 7 heteroatoms. The van der Waals surface area contributed by atoms with Crippen LogP contribution in [-0.4, -0.2) is 54.1 Å². The van der Waals surface area contributed by atoms with Gasteiger partial charge in [-0.05, 0) is 44.1 Å². The first kappa shape index (κ1) is 24.8.